The number of hydroxylamine groups is 1. The number of benzene rings is 1. The minimum absolute atomic E-state index is 0.0652. The molecule has 1 atom stereocenters. The number of aromatic nitrogens is 2. The Kier molecular flexibility index (Phi) is 3.25. The van der Waals surface area contributed by atoms with Crippen molar-refractivity contribution in [3.8, 4) is 0 Å². The van der Waals surface area contributed by atoms with E-state index in [0.29, 0.717) is 0 Å². The van der Waals surface area contributed by atoms with Gasteiger partial charge in [-0.2, -0.15) is 5.01 Å². The molecule has 18 heavy (non-hydrogen) atoms. The predicted molar refractivity (Wildman–Crippen MR) is 70.0 cm³/mol. The lowest BCUT2D eigenvalue weighted by molar-refractivity contribution is -0.985. The number of hydrogen-bond donors (Lipinski definition) is 2. The van der Waals surface area contributed by atoms with Gasteiger partial charge < -0.3 is 10.2 Å². The number of imidazole rings is 1. The zero-order valence-corrected chi connectivity index (χ0v) is 11.1. The molecule has 0 aliphatic heterocycles. The van der Waals surface area contributed by atoms with Crippen LogP contribution in [0.3, 0.4) is 0 Å². The second-order valence-electron chi connectivity index (χ2n) is 4.78. The highest BCUT2D eigenvalue weighted by Crippen LogP contribution is 2.17. The van der Waals surface area contributed by atoms with Crippen LogP contribution in [0.1, 0.15) is 11.1 Å². The summed E-state index contributed by atoms with van der Waals surface area (Å²) in [4.78, 5) is 14.7. The molecule has 2 rings (SSSR count). The van der Waals surface area contributed by atoms with Crippen molar-refractivity contribution in [2.24, 2.45) is 0 Å². The fourth-order valence-electron chi connectivity index (χ4n) is 2.13. The summed E-state index contributed by atoms with van der Waals surface area (Å²) in [5.74, 6) is 0. The number of aromatic amines is 1. The van der Waals surface area contributed by atoms with Gasteiger partial charge in [-0.25, -0.2) is 9.36 Å². The van der Waals surface area contributed by atoms with Crippen molar-refractivity contribution in [3.63, 3.8) is 0 Å². The second-order valence-corrected chi connectivity index (χ2v) is 4.78. The molecular formula is C12H18N4O2. The molecule has 0 bridgehead atoms. The molecule has 2 N–H and O–H groups in total. The lowest BCUT2D eigenvalue weighted by Crippen LogP contribution is -3.12. The monoisotopic (exact) mass is 250 g/mol. The van der Waals surface area contributed by atoms with Gasteiger partial charge in [-0.3, -0.25) is 5.17 Å². The van der Waals surface area contributed by atoms with Crippen LogP contribution < -0.4 is 10.9 Å². The quantitative estimate of drug-likeness (QED) is 0.739. The number of fused-ring (bicyclic) bond motifs is 1. The first-order chi connectivity index (χ1) is 8.40. The van der Waals surface area contributed by atoms with Gasteiger partial charge in [-0.05, 0) is 31.0 Å². The van der Waals surface area contributed by atoms with Crippen molar-refractivity contribution in [1.29, 1.82) is 0 Å². The molecule has 2 aromatic rings. The van der Waals surface area contributed by atoms with E-state index in [1.165, 1.54) is 9.58 Å². The zero-order valence-electron chi connectivity index (χ0n) is 11.1. The van der Waals surface area contributed by atoms with Gasteiger partial charge in [0.1, 0.15) is 0 Å². The summed E-state index contributed by atoms with van der Waals surface area (Å²) in [6.45, 7) is 3.99. The fourth-order valence-corrected chi connectivity index (χ4v) is 2.13. The van der Waals surface area contributed by atoms with E-state index in [0.717, 1.165) is 22.2 Å². The Morgan fingerprint density at radius 3 is 2.67 bits per heavy atom. The van der Waals surface area contributed by atoms with E-state index in [1.807, 2.05) is 26.0 Å². The Hall–Kier alpha value is -1.63. The normalized spacial score (nSPS) is 13.4. The van der Waals surface area contributed by atoms with Crippen LogP contribution in [-0.2, 0) is 6.67 Å². The maximum Gasteiger partial charge on any atom is 0.330 e. The summed E-state index contributed by atoms with van der Waals surface area (Å²) in [5.41, 5.74) is 3.43. The van der Waals surface area contributed by atoms with E-state index in [2.05, 4.69) is 4.98 Å². The van der Waals surface area contributed by atoms with Gasteiger partial charge in [-0.15, -0.1) is 0 Å². The predicted octanol–water partition coefficient (Wildman–Crippen LogP) is -0.237. The van der Waals surface area contributed by atoms with Gasteiger partial charge in [0, 0.05) is 14.1 Å². The van der Waals surface area contributed by atoms with Crippen molar-refractivity contribution >= 4 is 11.0 Å². The third-order valence-electron chi connectivity index (χ3n) is 2.99. The molecule has 0 saturated carbocycles. The van der Waals surface area contributed by atoms with Gasteiger partial charge >= 0.3 is 5.69 Å². The number of quaternary nitrogens is 1. The van der Waals surface area contributed by atoms with Crippen molar-refractivity contribution in [2.75, 3.05) is 14.1 Å². The average molecular weight is 250 g/mol. The van der Waals surface area contributed by atoms with Crippen molar-refractivity contribution < 1.29 is 5.17 Å². The van der Waals surface area contributed by atoms with Crippen LogP contribution in [0.2, 0.25) is 0 Å². The van der Waals surface area contributed by atoms with Crippen molar-refractivity contribution in [2.45, 2.75) is 20.5 Å². The largest absolute Gasteiger partial charge is 0.612 e. The van der Waals surface area contributed by atoms with Crippen LogP contribution in [0.5, 0.6) is 0 Å². The molecule has 0 amide bonds. The van der Waals surface area contributed by atoms with E-state index < -0.39 is 0 Å². The molecule has 6 heteroatoms. The highest BCUT2D eigenvalue weighted by Gasteiger charge is 2.12. The molecule has 1 heterocycles. The lowest BCUT2D eigenvalue weighted by Gasteiger charge is -2.27. The number of nitrogens with zero attached hydrogens (tertiary/aromatic N) is 2. The molecule has 1 aromatic carbocycles. The SMILES string of the molecule is Cc1cc(C)c2c(c1)[nH]c(=O)n2C[NH+]([O-])N(C)C. The Morgan fingerprint density at radius 2 is 2.06 bits per heavy atom. The molecule has 98 valence electrons. The van der Waals surface area contributed by atoms with Crippen LogP contribution in [0.25, 0.3) is 11.0 Å². The molecule has 0 saturated heterocycles. The van der Waals surface area contributed by atoms with Crippen molar-refractivity contribution in [1.82, 2.24) is 14.6 Å². The molecule has 0 aliphatic carbocycles. The minimum Gasteiger partial charge on any atom is -0.612 e. The smallest absolute Gasteiger partial charge is 0.330 e. The third-order valence-corrected chi connectivity index (χ3v) is 2.99. The molecule has 0 fully saturated rings. The van der Waals surface area contributed by atoms with Crippen LogP contribution in [-0.4, -0.2) is 28.7 Å². The lowest BCUT2D eigenvalue weighted by atomic mass is 10.1. The highest BCUT2D eigenvalue weighted by atomic mass is 16.5. The van der Waals surface area contributed by atoms with Crippen molar-refractivity contribution in [3.05, 3.63) is 39.0 Å². The van der Waals surface area contributed by atoms with E-state index in [9.17, 15) is 10.0 Å². The first-order valence-corrected chi connectivity index (χ1v) is 5.80. The van der Waals surface area contributed by atoms with Crippen LogP contribution in [0.4, 0.5) is 0 Å². The Bertz CT molecular complexity index is 627. The Balaban J connectivity index is 2.57. The molecule has 0 radical (unpaired) electrons. The van der Waals surface area contributed by atoms with Gasteiger partial charge in [0.05, 0.1) is 11.0 Å². The number of nitrogens with one attached hydrogen (secondary N) is 2. The molecule has 1 aromatic heterocycles. The Labute approximate surface area is 105 Å². The van der Waals surface area contributed by atoms with E-state index in [-0.39, 0.29) is 17.5 Å². The topological polar surface area (TPSA) is 68.5 Å². The summed E-state index contributed by atoms with van der Waals surface area (Å²) >= 11 is 0. The summed E-state index contributed by atoms with van der Waals surface area (Å²) in [5, 5.41) is 13.1. The first-order valence-electron chi connectivity index (χ1n) is 5.80. The van der Waals surface area contributed by atoms with Gasteiger partial charge in [-0.1, -0.05) is 6.07 Å². The number of rotatable bonds is 3. The second kappa shape index (κ2) is 4.56. The maximum absolute atomic E-state index is 11.9. The third kappa shape index (κ3) is 2.17. The molecule has 6 nitrogen and oxygen atoms in total. The highest BCUT2D eigenvalue weighted by molar-refractivity contribution is 5.79. The number of H-pyrrole nitrogens is 1. The molecular weight excluding hydrogens is 232 g/mol. The zero-order chi connectivity index (χ0) is 13.4. The summed E-state index contributed by atoms with van der Waals surface area (Å²) in [6.07, 6.45) is 0. The van der Waals surface area contributed by atoms with Gasteiger partial charge in [0.15, 0.2) is 6.67 Å². The van der Waals surface area contributed by atoms with E-state index in [4.69, 9.17) is 0 Å². The standard InChI is InChI=1S/C12H18N4O2/c1-8-5-9(2)11-10(6-8)13-12(17)15(11)7-16(18)14(3)4/h5-6,16H,7H2,1-4H3,(H,13,17). The number of aryl methyl sites for hydroxylation is 2. The average Bonchev–Trinajstić information content (AvgIpc) is 2.54. The van der Waals surface area contributed by atoms with Gasteiger partial charge in [0.25, 0.3) is 0 Å². The molecule has 0 spiro atoms. The van der Waals surface area contributed by atoms with Crippen LogP contribution in [0.15, 0.2) is 16.9 Å². The van der Waals surface area contributed by atoms with E-state index >= 15 is 0 Å². The minimum atomic E-state index is -0.242. The summed E-state index contributed by atoms with van der Waals surface area (Å²) in [6, 6.07) is 3.92. The summed E-state index contributed by atoms with van der Waals surface area (Å²) < 4.78 is 1.49. The maximum atomic E-state index is 11.9. The first kappa shape index (κ1) is 12.8. The van der Waals surface area contributed by atoms with Crippen LogP contribution >= 0.6 is 0 Å². The fraction of sp³-hybridized carbons (Fsp3) is 0.417. The molecule has 0 aliphatic rings. The number of hydrogen-bond acceptors (Lipinski definition) is 3. The van der Waals surface area contributed by atoms with E-state index in [1.54, 1.807) is 14.1 Å². The molecule has 1 unspecified atom stereocenters. The van der Waals surface area contributed by atoms with Crippen LogP contribution in [0, 0.1) is 19.1 Å². The summed E-state index contributed by atoms with van der Waals surface area (Å²) in [7, 11) is 3.36. The van der Waals surface area contributed by atoms with Gasteiger partial charge in [0.2, 0.25) is 0 Å². The Morgan fingerprint density at radius 1 is 1.39 bits per heavy atom.